The molecule has 1 heterocycles. The van der Waals surface area contributed by atoms with Gasteiger partial charge in [0.15, 0.2) is 6.10 Å². The molecule has 3 rings (SSSR count). The van der Waals surface area contributed by atoms with Crippen molar-refractivity contribution in [3.05, 3.63) is 0 Å². The zero-order valence-electron chi connectivity index (χ0n) is 24.5. The van der Waals surface area contributed by atoms with Crippen molar-refractivity contribution < 1.29 is 29.0 Å². The van der Waals surface area contributed by atoms with Gasteiger partial charge < -0.3 is 30.7 Å². The van der Waals surface area contributed by atoms with E-state index in [0.717, 1.165) is 19.3 Å². The summed E-state index contributed by atoms with van der Waals surface area (Å²) < 4.78 is 5.41. The number of likely N-dealkylation sites (N-methyl/N-ethyl adjacent to an activating group) is 1. The molecule has 4 unspecified atom stereocenters. The number of ether oxygens (including phenoxy) is 1. The second kappa shape index (κ2) is 10.7. The van der Waals surface area contributed by atoms with Crippen molar-refractivity contribution in [3.8, 4) is 0 Å². The van der Waals surface area contributed by atoms with E-state index in [4.69, 9.17) is 4.74 Å². The van der Waals surface area contributed by atoms with Crippen LogP contribution >= 0.6 is 0 Å². The molecule has 38 heavy (non-hydrogen) atoms. The lowest BCUT2D eigenvalue weighted by Crippen LogP contribution is -2.61. The monoisotopic (exact) mass is 536 g/mol. The highest BCUT2D eigenvalue weighted by Crippen LogP contribution is 2.65. The highest BCUT2D eigenvalue weighted by atomic mass is 16.6. The number of aliphatic hydroxyl groups is 1. The summed E-state index contributed by atoms with van der Waals surface area (Å²) in [5.41, 5.74) is -1.48. The van der Waals surface area contributed by atoms with E-state index in [1.165, 1.54) is 7.05 Å². The Hall–Kier alpha value is -2.36. The Bertz CT molecular complexity index is 933. The first-order chi connectivity index (χ1) is 17.4. The minimum Gasteiger partial charge on any atom is -0.444 e. The molecule has 0 aromatic carbocycles. The van der Waals surface area contributed by atoms with Gasteiger partial charge in [0.2, 0.25) is 11.8 Å². The summed E-state index contributed by atoms with van der Waals surface area (Å²) in [6.07, 6.45) is 1.54. The number of carbonyl (C=O) groups is 4. The van der Waals surface area contributed by atoms with E-state index < -0.39 is 47.2 Å². The van der Waals surface area contributed by atoms with Gasteiger partial charge in [0.05, 0.1) is 6.04 Å². The Morgan fingerprint density at radius 1 is 1.05 bits per heavy atom. The number of piperidine rings is 1. The van der Waals surface area contributed by atoms with Gasteiger partial charge in [-0.3, -0.25) is 14.4 Å². The van der Waals surface area contributed by atoms with Crippen LogP contribution in [0.3, 0.4) is 0 Å². The molecule has 0 radical (unpaired) electrons. The molecular weight excluding hydrogens is 488 g/mol. The average Bonchev–Trinajstić information content (AvgIpc) is 3.08. The zero-order valence-corrected chi connectivity index (χ0v) is 24.5. The van der Waals surface area contributed by atoms with Gasteiger partial charge in [-0.15, -0.1) is 0 Å². The molecule has 0 aromatic rings. The fourth-order valence-electron chi connectivity index (χ4n) is 6.01. The minimum absolute atomic E-state index is 0.0462. The molecule has 0 aromatic heterocycles. The van der Waals surface area contributed by atoms with Gasteiger partial charge in [-0.25, -0.2) is 4.79 Å². The van der Waals surface area contributed by atoms with Crippen LogP contribution in [0.15, 0.2) is 0 Å². The molecule has 0 bridgehead atoms. The second-order valence-electron chi connectivity index (χ2n) is 14.0. The molecule has 2 saturated carbocycles. The van der Waals surface area contributed by atoms with Crippen molar-refractivity contribution in [3.63, 3.8) is 0 Å². The molecule has 3 aliphatic rings. The molecule has 6 atom stereocenters. The van der Waals surface area contributed by atoms with Gasteiger partial charge in [0.1, 0.15) is 17.7 Å². The van der Waals surface area contributed by atoms with E-state index >= 15 is 0 Å². The molecule has 216 valence electrons. The zero-order chi connectivity index (χ0) is 28.8. The van der Waals surface area contributed by atoms with Crippen molar-refractivity contribution in [1.82, 2.24) is 20.9 Å². The van der Waals surface area contributed by atoms with Crippen molar-refractivity contribution in [2.75, 3.05) is 13.6 Å². The Morgan fingerprint density at radius 3 is 2.13 bits per heavy atom. The number of aliphatic hydroxyl groups excluding tert-OH is 1. The van der Waals surface area contributed by atoms with Crippen LogP contribution in [0.2, 0.25) is 0 Å². The first-order valence-corrected chi connectivity index (χ1v) is 13.9. The summed E-state index contributed by atoms with van der Waals surface area (Å²) in [6.45, 7) is 15.4. The third kappa shape index (κ3) is 6.43. The van der Waals surface area contributed by atoms with Crippen molar-refractivity contribution in [2.24, 2.45) is 28.6 Å². The Labute approximate surface area is 227 Å². The molecule has 4 amide bonds. The third-order valence-electron chi connectivity index (χ3n) is 8.57. The van der Waals surface area contributed by atoms with Crippen LogP contribution in [0.4, 0.5) is 4.79 Å². The lowest BCUT2D eigenvalue weighted by Gasteiger charge is -2.38. The molecule has 0 spiro atoms. The maximum absolute atomic E-state index is 14.0. The van der Waals surface area contributed by atoms with Crippen LogP contribution in [0.25, 0.3) is 0 Å². The van der Waals surface area contributed by atoms with Crippen LogP contribution in [0.1, 0.15) is 81.1 Å². The van der Waals surface area contributed by atoms with Crippen LogP contribution in [0, 0.1) is 28.6 Å². The first kappa shape index (κ1) is 30.2. The van der Waals surface area contributed by atoms with Crippen LogP contribution in [0.5, 0.6) is 0 Å². The van der Waals surface area contributed by atoms with E-state index in [1.54, 1.807) is 25.7 Å². The number of amides is 4. The van der Waals surface area contributed by atoms with Crippen LogP contribution in [-0.2, 0) is 19.1 Å². The molecular formula is C28H48N4O6. The Balaban J connectivity index is 1.83. The summed E-state index contributed by atoms with van der Waals surface area (Å²) in [5.74, 6) is -0.807. The lowest BCUT2D eigenvalue weighted by molar-refractivity contribution is -0.145. The van der Waals surface area contributed by atoms with Gasteiger partial charge in [-0.1, -0.05) is 53.9 Å². The predicted octanol–water partition coefficient (Wildman–Crippen LogP) is 2.19. The first-order valence-electron chi connectivity index (χ1n) is 13.9. The summed E-state index contributed by atoms with van der Waals surface area (Å²) >= 11 is 0. The molecule has 10 nitrogen and oxygen atoms in total. The second-order valence-corrected chi connectivity index (χ2v) is 14.0. The Kier molecular flexibility index (Phi) is 8.47. The highest BCUT2D eigenvalue weighted by Gasteiger charge is 2.70. The maximum atomic E-state index is 14.0. The number of likely N-dealkylation sites (tertiary alicyclic amines) is 1. The number of alkyl carbamates (subject to hydrolysis) is 1. The van der Waals surface area contributed by atoms with E-state index in [2.05, 4.69) is 29.8 Å². The predicted molar refractivity (Wildman–Crippen MR) is 143 cm³/mol. The number of nitrogens with one attached hydrogen (secondary N) is 3. The van der Waals surface area contributed by atoms with E-state index in [-0.39, 0.29) is 29.1 Å². The standard InChI is InChI=1S/C28H48N4O6/c1-26(2,3)21(31-25(37)38-27(4,5)6)24(36)32-14-16-18(28(16,7)8)19(32)22(34)30-17(13-15-11-10-12-15)20(33)23(35)29-9/h15-21,33H,10-14H2,1-9H3,(H,29,35)(H,30,34)(H,31,37)/t16?,17?,18?,19-,20?,21+/m0/s1. The summed E-state index contributed by atoms with van der Waals surface area (Å²) in [7, 11) is 1.45. The number of nitrogens with zero attached hydrogens (tertiary/aromatic N) is 1. The minimum atomic E-state index is -1.38. The largest absolute Gasteiger partial charge is 0.444 e. The number of rotatable bonds is 8. The number of hydrogen-bond donors (Lipinski definition) is 4. The van der Waals surface area contributed by atoms with Gasteiger partial charge in [-0.05, 0) is 55.8 Å². The summed E-state index contributed by atoms with van der Waals surface area (Å²) in [4.78, 5) is 54.2. The molecule has 1 saturated heterocycles. The normalized spacial score (nSPS) is 26.8. The van der Waals surface area contributed by atoms with Crippen molar-refractivity contribution in [1.29, 1.82) is 0 Å². The van der Waals surface area contributed by atoms with E-state index in [0.29, 0.717) is 18.9 Å². The number of fused-ring (bicyclic) bond motifs is 1. The topological polar surface area (TPSA) is 137 Å². The average molecular weight is 537 g/mol. The lowest BCUT2D eigenvalue weighted by atomic mass is 9.79. The summed E-state index contributed by atoms with van der Waals surface area (Å²) in [5, 5.41) is 18.9. The summed E-state index contributed by atoms with van der Waals surface area (Å²) in [6, 6.07) is -2.41. The van der Waals surface area contributed by atoms with Crippen molar-refractivity contribution >= 4 is 23.8 Å². The SMILES string of the molecule is CNC(=O)C(O)C(CC1CCC1)NC(=O)[C@@H]1C2C(CN1C(=O)[C@@H](NC(=O)OC(C)(C)C)C(C)(C)C)C2(C)C. The molecule has 3 fully saturated rings. The Morgan fingerprint density at radius 2 is 1.66 bits per heavy atom. The van der Waals surface area contributed by atoms with Gasteiger partial charge in [-0.2, -0.15) is 0 Å². The molecule has 10 heteroatoms. The van der Waals surface area contributed by atoms with Crippen molar-refractivity contribution in [2.45, 2.75) is 111 Å². The molecule has 1 aliphatic heterocycles. The third-order valence-corrected chi connectivity index (χ3v) is 8.57. The fraction of sp³-hybridized carbons (Fsp3) is 0.857. The quantitative estimate of drug-likeness (QED) is 0.375. The van der Waals surface area contributed by atoms with Crippen LogP contribution in [-0.4, -0.2) is 77.2 Å². The fourth-order valence-corrected chi connectivity index (χ4v) is 6.01. The maximum Gasteiger partial charge on any atom is 0.408 e. The van der Waals surface area contributed by atoms with E-state index in [1.807, 2.05) is 20.8 Å². The molecule has 2 aliphatic carbocycles. The highest BCUT2D eigenvalue weighted by molar-refractivity contribution is 5.94. The smallest absolute Gasteiger partial charge is 0.408 e. The van der Waals surface area contributed by atoms with E-state index in [9.17, 15) is 24.3 Å². The van der Waals surface area contributed by atoms with Gasteiger partial charge in [0.25, 0.3) is 5.91 Å². The van der Waals surface area contributed by atoms with Crippen LogP contribution < -0.4 is 16.0 Å². The number of hydrogen-bond acceptors (Lipinski definition) is 6. The van der Waals surface area contributed by atoms with Gasteiger partial charge in [0, 0.05) is 13.6 Å². The number of carbonyl (C=O) groups excluding carboxylic acids is 4. The van der Waals surface area contributed by atoms with Gasteiger partial charge >= 0.3 is 6.09 Å². The molecule has 4 N–H and O–H groups in total.